The van der Waals surface area contributed by atoms with Gasteiger partial charge in [-0.1, -0.05) is 35.9 Å². The summed E-state index contributed by atoms with van der Waals surface area (Å²) in [6, 6.07) is 22.2. The summed E-state index contributed by atoms with van der Waals surface area (Å²) in [5, 5.41) is 5.24. The van der Waals surface area contributed by atoms with E-state index in [2.05, 4.69) is 15.5 Å². The molecule has 1 amide bonds. The fourth-order valence-electron chi connectivity index (χ4n) is 4.67. The highest BCUT2D eigenvalue weighted by molar-refractivity contribution is 6.34. The number of methoxy groups -OCH3 is 4. The third-order valence-electron chi connectivity index (χ3n) is 6.76. The lowest BCUT2D eigenvalue weighted by Gasteiger charge is -2.10. The van der Waals surface area contributed by atoms with E-state index in [9.17, 15) is 9.59 Å². The zero-order valence-corrected chi connectivity index (χ0v) is 25.0. The molecule has 0 radical (unpaired) electrons. The maximum absolute atomic E-state index is 13.5. The van der Waals surface area contributed by atoms with Crippen molar-refractivity contribution in [2.75, 3.05) is 28.4 Å². The molecule has 11 heteroatoms. The number of carbonyl (C=O) groups excluding carboxylic acids is 2. The Morgan fingerprint density at radius 3 is 2.25 bits per heavy atom. The number of hydrazone groups is 1. The molecule has 0 fully saturated rings. The summed E-state index contributed by atoms with van der Waals surface area (Å²) in [6.07, 6.45) is 1.44. The second kappa shape index (κ2) is 13.2. The molecule has 0 aliphatic heterocycles. The third kappa shape index (κ3) is 6.02. The van der Waals surface area contributed by atoms with E-state index in [1.54, 1.807) is 74.9 Å². The van der Waals surface area contributed by atoms with Crippen LogP contribution < -0.4 is 29.1 Å². The van der Waals surface area contributed by atoms with Gasteiger partial charge in [-0.2, -0.15) is 5.10 Å². The molecule has 224 valence electrons. The predicted octanol–water partition coefficient (Wildman–Crippen LogP) is 6.51. The highest BCUT2D eigenvalue weighted by atomic mass is 35.5. The lowest BCUT2D eigenvalue weighted by Crippen LogP contribution is -2.19. The molecule has 2 N–H and O–H groups in total. The molecule has 1 heterocycles. The standard InChI is InChI=1S/C33H28ClN3O7/c1-40-21-9-7-8-20(17-21)33(39)44-24-13-12-19(16-27(24)43-4)18-35-37-32(38)31-28(22-10-5-6-11-23(22)34)29-25(41-2)14-15-26(42-3)30(29)36-31/h5-18,36H,1-4H3,(H,37,38). The number of aromatic amines is 1. The number of nitrogens with one attached hydrogen (secondary N) is 2. The number of hydrogen-bond donors (Lipinski definition) is 2. The Balaban J connectivity index is 1.41. The van der Waals surface area contributed by atoms with E-state index in [4.69, 9.17) is 35.3 Å². The van der Waals surface area contributed by atoms with Gasteiger partial charge in [-0.25, -0.2) is 10.2 Å². The van der Waals surface area contributed by atoms with Crippen molar-refractivity contribution in [1.29, 1.82) is 0 Å². The number of rotatable bonds is 10. The molecule has 5 rings (SSSR count). The fraction of sp³-hybridized carbons (Fsp3) is 0.121. The number of fused-ring (bicyclic) bond motifs is 1. The molecular formula is C33H28ClN3O7. The minimum Gasteiger partial charge on any atom is -0.497 e. The van der Waals surface area contributed by atoms with Crippen molar-refractivity contribution in [3.05, 3.63) is 101 Å². The normalized spacial score (nSPS) is 10.9. The number of esters is 1. The number of ether oxygens (including phenoxy) is 5. The van der Waals surface area contributed by atoms with E-state index < -0.39 is 11.9 Å². The zero-order chi connectivity index (χ0) is 31.2. The van der Waals surface area contributed by atoms with Crippen LogP contribution in [0.15, 0.2) is 84.0 Å². The van der Waals surface area contributed by atoms with E-state index in [1.165, 1.54) is 20.4 Å². The van der Waals surface area contributed by atoms with Crippen molar-refractivity contribution >= 4 is 40.6 Å². The highest BCUT2D eigenvalue weighted by Gasteiger charge is 2.25. The Morgan fingerprint density at radius 1 is 0.795 bits per heavy atom. The average molecular weight is 614 g/mol. The van der Waals surface area contributed by atoms with Crippen LogP contribution in [0, 0.1) is 0 Å². The Hall–Kier alpha value is -5.48. The van der Waals surface area contributed by atoms with Gasteiger partial charge in [-0.05, 0) is 60.2 Å². The number of nitrogens with zero attached hydrogens (tertiary/aromatic N) is 1. The number of halogens is 1. The second-order valence-electron chi connectivity index (χ2n) is 9.31. The largest absolute Gasteiger partial charge is 0.497 e. The fourth-order valence-corrected chi connectivity index (χ4v) is 4.90. The summed E-state index contributed by atoms with van der Waals surface area (Å²) in [6.45, 7) is 0. The predicted molar refractivity (Wildman–Crippen MR) is 168 cm³/mol. The minimum absolute atomic E-state index is 0.213. The molecule has 44 heavy (non-hydrogen) atoms. The average Bonchev–Trinajstić information content (AvgIpc) is 3.46. The van der Waals surface area contributed by atoms with Gasteiger partial charge in [0.05, 0.1) is 51.1 Å². The van der Waals surface area contributed by atoms with Crippen LogP contribution in [-0.4, -0.2) is 51.5 Å². The highest BCUT2D eigenvalue weighted by Crippen LogP contribution is 2.44. The quantitative estimate of drug-likeness (QED) is 0.0797. The summed E-state index contributed by atoms with van der Waals surface area (Å²) < 4.78 is 27.3. The van der Waals surface area contributed by atoms with Crippen molar-refractivity contribution < 1.29 is 33.3 Å². The minimum atomic E-state index is -0.572. The number of carbonyl (C=O) groups is 2. The number of hydrogen-bond acceptors (Lipinski definition) is 8. The maximum Gasteiger partial charge on any atom is 0.343 e. The Morgan fingerprint density at radius 2 is 1.52 bits per heavy atom. The van der Waals surface area contributed by atoms with E-state index in [0.29, 0.717) is 61.2 Å². The molecule has 0 saturated carbocycles. The van der Waals surface area contributed by atoms with E-state index in [0.717, 1.165) is 0 Å². The van der Waals surface area contributed by atoms with Crippen molar-refractivity contribution in [2.24, 2.45) is 5.10 Å². The molecule has 0 aliphatic carbocycles. The summed E-state index contributed by atoms with van der Waals surface area (Å²) in [4.78, 5) is 29.4. The lowest BCUT2D eigenvalue weighted by molar-refractivity contribution is 0.0729. The van der Waals surface area contributed by atoms with Crippen LogP contribution in [0.25, 0.3) is 22.0 Å². The molecule has 0 saturated heterocycles. The van der Waals surface area contributed by atoms with Gasteiger partial charge in [0.2, 0.25) is 0 Å². The first kappa shape index (κ1) is 30.0. The van der Waals surface area contributed by atoms with E-state index in [-0.39, 0.29) is 11.4 Å². The van der Waals surface area contributed by atoms with Gasteiger partial charge in [-0.3, -0.25) is 4.79 Å². The Bertz CT molecular complexity index is 1880. The van der Waals surface area contributed by atoms with Crippen LogP contribution in [-0.2, 0) is 0 Å². The Labute approximate surface area is 258 Å². The van der Waals surface area contributed by atoms with Crippen molar-refractivity contribution in [1.82, 2.24) is 10.4 Å². The first-order valence-electron chi connectivity index (χ1n) is 13.3. The molecule has 0 bridgehead atoms. The van der Waals surface area contributed by atoms with Crippen LogP contribution in [0.3, 0.4) is 0 Å². The van der Waals surface area contributed by atoms with Gasteiger partial charge in [0, 0.05) is 16.1 Å². The van der Waals surface area contributed by atoms with Gasteiger partial charge < -0.3 is 28.7 Å². The second-order valence-corrected chi connectivity index (χ2v) is 9.71. The van der Waals surface area contributed by atoms with Crippen LogP contribution in [0.1, 0.15) is 26.4 Å². The summed E-state index contributed by atoms with van der Waals surface area (Å²) in [7, 11) is 6.06. The lowest BCUT2D eigenvalue weighted by atomic mass is 10.0. The van der Waals surface area contributed by atoms with Crippen LogP contribution in [0.4, 0.5) is 0 Å². The molecule has 0 atom stereocenters. The first-order valence-corrected chi connectivity index (χ1v) is 13.7. The van der Waals surface area contributed by atoms with Gasteiger partial charge >= 0.3 is 5.97 Å². The third-order valence-corrected chi connectivity index (χ3v) is 7.09. The van der Waals surface area contributed by atoms with Crippen LogP contribution in [0.2, 0.25) is 5.02 Å². The van der Waals surface area contributed by atoms with Crippen molar-refractivity contribution in [3.63, 3.8) is 0 Å². The van der Waals surface area contributed by atoms with Gasteiger partial charge in [0.1, 0.15) is 22.9 Å². The molecule has 0 aliphatic rings. The SMILES string of the molecule is COc1cccc(C(=O)Oc2ccc(C=NNC(=O)c3[nH]c4c(OC)ccc(OC)c4c3-c3ccccc3Cl)cc2OC)c1. The van der Waals surface area contributed by atoms with Gasteiger partial charge in [0.15, 0.2) is 11.5 Å². The number of aromatic nitrogens is 1. The number of H-pyrrole nitrogens is 1. The zero-order valence-electron chi connectivity index (χ0n) is 24.3. The Kier molecular flexibility index (Phi) is 9.01. The molecule has 5 aromatic rings. The molecular weight excluding hydrogens is 586 g/mol. The summed E-state index contributed by atoms with van der Waals surface area (Å²) >= 11 is 6.57. The number of amides is 1. The van der Waals surface area contributed by atoms with Gasteiger partial charge in [-0.15, -0.1) is 0 Å². The first-order chi connectivity index (χ1) is 21.4. The molecule has 0 unspecified atom stereocenters. The van der Waals surface area contributed by atoms with Crippen molar-refractivity contribution in [3.8, 4) is 39.9 Å². The topological polar surface area (TPSA) is 120 Å². The maximum atomic E-state index is 13.5. The molecule has 0 spiro atoms. The molecule has 10 nitrogen and oxygen atoms in total. The molecule has 4 aromatic carbocycles. The van der Waals surface area contributed by atoms with Crippen LogP contribution >= 0.6 is 11.6 Å². The molecule has 1 aromatic heterocycles. The van der Waals surface area contributed by atoms with Gasteiger partial charge in [0.25, 0.3) is 5.91 Å². The smallest absolute Gasteiger partial charge is 0.343 e. The van der Waals surface area contributed by atoms with E-state index >= 15 is 0 Å². The summed E-state index contributed by atoms with van der Waals surface area (Å²) in [5.41, 5.74) is 5.42. The van der Waals surface area contributed by atoms with Crippen molar-refractivity contribution in [2.45, 2.75) is 0 Å². The monoisotopic (exact) mass is 613 g/mol. The number of benzene rings is 4. The summed E-state index contributed by atoms with van der Waals surface area (Å²) in [5.74, 6) is 1.01. The van der Waals surface area contributed by atoms with E-state index in [1.807, 2.05) is 18.2 Å². The van der Waals surface area contributed by atoms with Crippen LogP contribution in [0.5, 0.6) is 28.7 Å².